The van der Waals surface area contributed by atoms with Gasteiger partial charge >= 0.3 is 0 Å². The van der Waals surface area contributed by atoms with Gasteiger partial charge in [0.05, 0.1) is 0 Å². The average molecular weight is 146 g/mol. The van der Waals surface area contributed by atoms with Gasteiger partial charge in [0.1, 0.15) is 0 Å². The summed E-state index contributed by atoms with van der Waals surface area (Å²) >= 11 is 0. The molecule has 0 saturated carbocycles. The van der Waals surface area contributed by atoms with Gasteiger partial charge < -0.3 is 0 Å². The quantitative estimate of drug-likeness (QED) is 0.576. The highest BCUT2D eigenvalue weighted by Crippen LogP contribution is 2.23. The molecule has 1 aliphatic heterocycles. The van der Waals surface area contributed by atoms with Crippen LogP contribution >= 0.6 is 0 Å². The summed E-state index contributed by atoms with van der Waals surface area (Å²) in [5, 5.41) is 4.51. The van der Waals surface area contributed by atoms with Gasteiger partial charge in [-0.05, 0) is 18.4 Å². The highest BCUT2D eigenvalue weighted by atomic mass is 14.9. The molecule has 1 aromatic rings. The van der Waals surface area contributed by atoms with E-state index in [-0.39, 0.29) is 0 Å². The normalized spacial score (nSPS) is 23.8. The molecule has 11 heavy (non-hydrogen) atoms. The molecule has 1 saturated heterocycles. The van der Waals surface area contributed by atoms with Crippen LogP contribution in [0.2, 0.25) is 0 Å². The van der Waals surface area contributed by atoms with Crippen LogP contribution in [0, 0.1) is 0 Å². The molecule has 0 unspecified atom stereocenters. The van der Waals surface area contributed by atoms with Crippen LogP contribution in [0.1, 0.15) is 24.4 Å². The van der Waals surface area contributed by atoms with E-state index in [1.54, 1.807) is 0 Å². The summed E-state index contributed by atoms with van der Waals surface area (Å²) in [5.41, 5.74) is 1.38. The number of benzene rings is 1. The third kappa shape index (κ3) is 1.43. The average Bonchev–Trinajstić information content (AvgIpc) is 2.58. The van der Waals surface area contributed by atoms with Gasteiger partial charge in [0.2, 0.25) is 0 Å². The van der Waals surface area contributed by atoms with E-state index in [1.165, 1.54) is 18.4 Å². The van der Waals surface area contributed by atoms with Crippen molar-refractivity contribution in [2.75, 3.05) is 6.54 Å². The molecule has 0 spiro atoms. The highest BCUT2D eigenvalue weighted by Gasteiger charge is 2.16. The standard InChI is InChI=1S/C10H12N/c1-2-5-9(6-3-1)10-7-4-8-11-10/h1-3,5-6,10H,4,7-8H2/t10-/m0/s1. The first-order valence-corrected chi connectivity index (χ1v) is 4.18. The number of rotatable bonds is 1. The van der Waals surface area contributed by atoms with Crippen LogP contribution in [0.5, 0.6) is 0 Å². The van der Waals surface area contributed by atoms with Gasteiger partial charge in [-0.15, -0.1) is 0 Å². The van der Waals surface area contributed by atoms with Crippen molar-refractivity contribution in [3.63, 3.8) is 0 Å². The van der Waals surface area contributed by atoms with Crippen LogP contribution in [0.3, 0.4) is 0 Å². The number of nitrogens with zero attached hydrogens (tertiary/aromatic N) is 1. The van der Waals surface area contributed by atoms with Crippen LogP contribution < -0.4 is 5.32 Å². The Labute approximate surface area is 67.4 Å². The Morgan fingerprint density at radius 3 is 2.64 bits per heavy atom. The lowest BCUT2D eigenvalue weighted by atomic mass is 10.1. The monoisotopic (exact) mass is 146 g/mol. The van der Waals surface area contributed by atoms with Crippen molar-refractivity contribution >= 4 is 0 Å². The Hall–Kier alpha value is -0.820. The van der Waals surface area contributed by atoms with E-state index in [9.17, 15) is 0 Å². The molecule has 1 heteroatoms. The molecule has 1 atom stereocenters. The molecule has 57 valence electrons. The molecule has 0 N–H and O–H groups in total. The second-order valence-electron chi connectivity index (χ2n) is 2.97. The van der Waals surface area contributed by atoms with E-state index in [0.717, 1.165) is 6.54 Å². The number of hydrogen-bond acceptors (Lipinski definition) is 0. The molecule has 0 aliphatic carbocycles. The van der Waals surface area contributed by atoms with Crippen molar-refractivity contribution < 1.29 is 0 Å². The van der Waals surface area contributed by atoms with E-state index in [2.05, 4.69) is 35.6 Å². The zero-order valence-corrected chi connectivity index (χ0v) is 6.53. The molecule has 1 radical (unpaired) electrons. The lowest BCUT2D eigenvalue weighted by Crippen LogP contribution is -2.04. The summed E-state index contributed by atoms with van der Waals surface area (Å²) in [6.07, 6.45) is 2.50. The van der Waals surface area contributed by atoms with Crippen LogP contribution in [0.15, 0.2) is 30.3 Å². The van der Waals surface area contributed by atoms with Crippen LogP contribution in [-0.4, -0.2) is 6.54 Å². The van der Waals surface area contributed by atoms with E-state index < -0.39 is 0 Å². The van der Waals surface area contributed by atoms with E-state index >= 15 is 0 Å². The Morgan fingerprint density at radius 2 is 2.00 bits per heavy atom. The van der Waals surface area contributed by atoms with Gasteiger partial charge in [0.25, 0.3) is 0 Å². The third-order valence-electron chi connectivity index (χ3n) is 2.17. The maximum atomic E-state index is 4.51. The molecular weight excluding hydrogens is 134 g/mol. The highest BCUT2D eigenvalue weighted by molar-refractivity contribution is 5.19. The first-order chi connectivity index (χ1) is 5.47. The predicted octanol–water partition coefficient (Wildman–Crippen LogP) is 2.13. The fourth-order valence-corrected chi connectivity index (χ4v) is 1.57. The minimum atomic E-state index is 0.496. The first-order valence-electron chi connectivity index (χ1n) is 4.18. The van der Waals surface area contributed by atoms with E-state index in [4.69, 9.17) is 0 Å². The Bertz CT molecular complexity index is 212. The molecule has 0 bridgehead atoms. The van der Waals surface area contributed by atoms with E-state index in [0.29, 0.717) is 6.04 Å². The smallest absolute Gasteiger partial charge is 0.0496 e. The van der Waals surface area contributed by atoms with Crippen molar-refractivity contribution in [3.8, 4) is 0 Å². The van der Waals surface area contributed by atoms with Crippen molar-refractivity contribution in [2.45, 2.75) is 18.9 Å². The third-order valence-corrected chi connectivity index (χ3v) is 2.17. The van der Waals surface area contributed by atoms with Gasteiger partial charge in [-0.1, -0.05) is 30.3 Å². The molecule has 0 aromatic heterocycles. The van der Waals surface area contributed by atoms with Crippen molar-refractivity contribution in [1.82, 2.24) is 5.32 Å². The van der Waals surface area contributed by atoms with Gasteiger partial charge in [0, 0.05) is 12.6 Å². The predicted molar refractivity (Wildman–Crippen MR) is 45.4 cm³/mol. The second kappa shape index (κ2) is 3.05. The maximum absolute atomic E-state index is 4.51. The van der Waals surface area contributed by atoms with Gasteiger partial charge in [-0.25, -0.2) is 5.32 Å². The summed E-state index contributed by atoms with van der Waals surface area (Å²) in [6, 6.07) is 11.1. The topological polar surface area (TPSA) is 14.1 Å². The molecule has 1 aliphatic rings. The lowest BCUT2D eigenvalue weighted by Gasteiger charge is -2.07. The summed E-state index contributed by atoms with van der Waals surface area (Å²) in [4.78, 5) is 0. The minimum absolute atomic E-state index is 0.496. The largest absolute Gasteiger partial charge is 0.234 e. The minimum Gasteiger partial charge on any atom is -0.234 e. The zero-order valence-electron chi connectivity index (χ0n) is 6.53. The fraction of sp³-hybridized carbons (Fsp3) is 0.400. The Balaban J connectivity index is 2.16. The summed E-state index contributed by atoms with van der Waals surface area (Å²) < 4.78 is 0. The van der Waals surface area contributed by atoms with Gasteiger partial charge in [-0.2, -0.15) is 0 Å². The maximum Gasteiger partial charge on any atom is 0.0496 e. The van der Waals surface area contributed by atoms with Gasteiger partial charge in [0.15, 0.2) is 0 Å². The zero-order chi connectivity index (χ0) is 7.52. The lowest BCUT2D eigenvalue weighted by molar-refractivity contribution is 0.635. The Kier molecular flexibility index (Phi) is 1.91. The molecule has 0 amide bonds. The molecule has 1 heterocycles. The van der Waals surface area contributed by atoms with Gasteiger partial charge in [-0.3, -0.25) is 0 Å². The van der Waals surface area contributed by atoms with Crippen molar-refractivity contribution in [3.05, 3.63) is 35.9 Å². The second-order valence-corrected chi connectivity index (χ2v) is 2.97. The van der Waals surface area contributed by atoms with Crippen LogP contribution in [0.25, 0.3) is 0 Å². The summed E-state index contributed by atoms with van der Waals surface area (Å²) in [7, 11) is 0. The SMILES string of the molecule is c1ccc([C@@H]2CCC[N]2)cc1. The van der Waals surface area contributed by atoms with Crippen LogP contribution in [-0.2, 0) is 0 Å². The van der Waals surface area contributed by atoms with Crippen LogP contribution in [0.4, 0.5) is 0 Å². The molecule has 1 aromatic carbocycles. The van der Waals surface area contributed by atoms with Crippen molar-refractivity contribution in [1.29, 1.82) is 0 Å². The molecule has 2 rings (SSSR count). The summed E-state index contributed by atoms with van der Waals surface area (Å²) in [5.74, 6) is 0. The number of hydrogen-bond donors (Lipinski definition) is 0. The molecule has 1 nitrogen and oxygen atoms in total. The van der Waals surface area contributed by atoms with E-state index in [1.807, 2.05) is 0 Å². The van der Waals surface area contributed by atoms with Crippen molar-refractivity contribution in [2.24, 2.45) is 0 Å². The Morgan fingerprint density at radius 1 is 1.18 bits per heavy atom. The molecular formula is C10H12N. The first kappa shape index (κ1) is 6.86. The summed E-state index contributed by atoms with van der Waals surface area (Å²) in [6.45, 7) is 1.06. The molecule has 1 fully saturated rings. The fourth-order valence-electron chi connectivity index (χ4n) is 1.57.